The van der Waals surface area contributed by atoms with Crippen LogP contribution in [0.15, 0.2) is 41.8 Å². The third kappa shape index (κ3) is 4.37. The Morgan fingerprint density at radius 2 is 2.07 bits per heavy atom. The molecule has 0 atom stereocenters. The summed E-state index contributed by atoms with van der Waals surface area (Å²) in [5.74, 6) is 0.363. The minimum absolute atomic E-state index is 0.158. The van der Waals surface area contributed by atoms with E-state index in [9.17, 15) is 9.18 Å². The number of amides is 1. The van der Waals surface area contributed by atoms with E-state index in [0.29, 0.717) is 22.3 Å². The zero-order valence-electron chi connectivity index (χ0n) is 14.6. The monoisotopic (exact) mass is 406 g/mol. The lowest BCUT2D eigenvalue weighted by molar-refractivity contribution is -0.115. The lowest BCUT2D eigenvalue weighted by Gasteiger charge is -2.08. The minimum atomic E-state index is -0.513. The highest BCUT2D eigenvalue weighted by Crippen LogP contribution is 2.34. The fraction of sp³-hybridized carbons (Fsp3) is 0.158. The van der Waals surface area contributed by atoms with Crippen LogP contribution in [0.3, 0.4) is 0 Å². The van der Waals surface area contributed by atoms with Crippen LogP contribution in [-0.2, 0) is 11.2 Å². The summed E-state index contributed by atoms with van der Waals surface area (Å²) < 4.78 is 24.4. The van der Waals surface area contributed by atoms with Crippen molar-refractivity contribution >= 4 is 34.0 Å². The summed E-state index contributed by atoms with van der Waals surface area (Å²) in [4.78, 5) is 16.6. The molecule has 2 aromatic carbocycles. The number of nitrogens with zero attached hydrogens (tertiary/aromatic N) is 1. The molecular formula is C19H16ClFN2O3S. The van der Waals surface area contributed by atoms with Gasteiger partial charge in [-0.05, 0) is 24.3 Å². The van der Waals surface area contributed by atoms with E-state index in [1.54, 1.807) is 37.8 Å². The number of benzene rings is 2. The van der Waals surface area contributed by atoms with Gasteiger partial charge in [0.15, 0.2) is 5.13 Å². The van der Waals surface area contributed by atoms with Crippen molar-refractivity contribution in [3.63, 3.8) is 0 Å². The van der Waals surface area contributed by atoms with Crippen LogP contribution in [0.25, 0.3) is 11.3 Å². The molecule has 1 aromatic heterocycles. The molecule has 0 saturated heterocycles. The highest BCUT2D eigenvalue weighted by atomic mass is 35.5. The molecule has 0 aliphatic rings. The van der Waals surface area contributed by atoms with E-state index < -0.39 is 11.7 Å². The number of anilines is 1. The summed E-state index contributed by atoms with van der Waals surface area (Å²) in [5.41, 5.74) is 1.58. The molecule has 3 aromatic rings. The zero-order chi connectivity index (χ0) is 19.4. The van der Waals surface area contributed by atoms with Gasteiger partial charge >= 0.3 is 0 Å². The molecule has 0 bridgehead atoms. The first-order valence-electron chi connectivity index (χ1n) is 7.92. The summed E-state index contributed by atoms with van der Waals surface area (Å²) in [5, 5.41) is 5.09. The van der Waals surface area contributed by atoms with E-state index in [4.69, 9.17) is 21.1 Å². The molecule has 27 heavy (non-hydrogen) atoms. The van der Waals surface area contributed by atoms with Crippen molar-refractivity contribution in [2.75, 3.05) is 19.5 Å². The molecule has 3 rings (SSSR count). The summed E-state index contributed by atoms with van der Waals surface area (Å²) >= 11 is 7.23. The van der Waals surface area contributed by atoms with E-state index in [2.05, 4.69) is 10.3 Å². The predicted octanol–water partition coefficient (Wildman–Crippen LogP) is 4.80. The average molecular weight is 407 g/mol. The summed E-state index contributed by atoms with van der Waals surface area (Å²) in [6, 6.07) is 9.70. The maximum Gasteiger partial charge on any atom is 0.230 e. The highest BCUT2D eigenvalue weighted by Gasteiger charge is 2.15. The van der Waals surface area contributed by atoms with Crippen LogP contribution >= 0.6 is 22.9 Å². The lowest BCUT2D eigenvalue weighted by atomic mass is 10.1. The van der Waals surface area contributed by atoms with E-state index in [0.717, 1.165) is 5.56 Å². The molecular weight excluding hydrogens is 391 g/mol. The van der Waals surface area contributed by atoms with Gasteiger partial charge in [-0.1, -0.05) is 17.7 Å². The largest absolute Gasteiger partial charge is 0.497 e. The molecule has 0 aliphatic heterocycles. The number of aromatic nitrogens is 1. The molecule has 0 unspecified atom stereocenters. The van der Waals surface area contributed by atoms with Crippen LogP contribution in [0.2, 0.25) is 5.02 Å². The van der Waals surface area contributed by atoms with Gasteiger partial charge in [0.1, 0.15) is 17.3 Å². The van der Waals surface area contributed by atoms with Crippen molar-refractivity contribution in [3.05, 3.63) is 58.2 Å². The third-order valence-corrected chi connectivity index (χ3v) is 4.95. The fourth-order valence-corrected chi connectivity index (χ4v) is 3.45. The second-order valence-electron chi connectivity index (χ2n) is 5.53. The van der Waals surface area contributed by atoms with Crippen molar-refractivity contribution in [1.29, 1.82) is 0 Å². The first-order chi connectivity index (χ1) is 13.0. The number of hydrogen-bond acceptors (Lipinski definition) is 5. The standard InChI is InChI=1S/C19H16ClFN2O3S/c1-25-11-6-7-12(17(8-11)26-2)16-10-27-19(22-16)23-18(24)9-13-14(20)4-3-5-15(13)21/h3-8,10H,9H2,1-2H3,(H,22,23,24). The second-order valence-corrected chi connectivity index (χ2v) is 6.79. The second kappa shape index (κ2) is 8.37. The van der Waals surface area contributed by atoms with Crippen LogP contribution in [0, 0.1) is 5.82 Å². The fourth-order valence-electron chi connectivity index (χ4n) is 2.49. The van der Waals surface area contributed by atoms with Gasteiger partial charge in [0, 0.05) is 27.6 Å². The molecule has 140 valence electrons. The molecule has 0 fully saturated rings. The van der Waals surface area contributed by atoms with Gasteiger partial charge < -0.3 is 14.8 Å². The maximum atomic E-state index is 13.8. The van der Waals surface area contributed by atoms with Gasteiger partial charge in [0.05, 0.1) is 26.3 Å². The van der Waals surface area contributed by atoms with Crippen LogP contribution in [0.4, 0.5) is 9.52 Å². The molecule has 1 N–H and O–H groups in total. The molecule has 0 spiro atoms. The van der Waals surface area contributed by atoms with E-state index in [1.807, 2.05) is 6.07 Å². The first kappa shape index (κ1) is 19.1. The van der Waals surface area contributed by atoms with Crippen molar-refractivity contribution in [3.8, 4) is 22.8 Å². The Balaban J connectivity index is 1.76. The molecule has 8 heteroatoms. The highest BCUT2D eigenvalue weighted by molar-refractivity contribution is 7.14. The Kier molecular flexibility index (Phi) is 5.93. The molecule has 0 saturated carbocycles. The van der Waals surface area contributed by atoms with Crippen LogP contribution in [0.1, 0.15) is 5.56 Å². The van der Waals surface area contributed by atoms with Crippen molar-refractivity contribution in [1.82, 2.24) is 4.98 Å². The van der Waals surface area contributed by atoms with Crippen molar-refractivity contribution < 1.29 is 18.7 Å². The quantitative estimate of drug-likeness (QED) is 0.638. The van der Waals surface area contributed by atoms with E-state index >= 15 is 0 Å². The predicted molar refractivity (Wildman–Crippen MR) is 104 cm³/mol. The van der Waals surface area contributed by atoms with E-state index in [1.165, 1.54) is 23.5 Å². The molecule has 5 nitrogen and oxygen atoms in total. The average Bonchev–Trinajstić information content (AvgIpc) is 3.12. The SMILES string of the molecule is COc1ccc(-c2csc(NC(=O)Cc3c(F)cccc3Cl)n2)c(OC)c1. The Morgan fingerprint density at radius 1 is 1.26 bits per heavy atom. The van der Waals surface area contributed by atoms with Crippen molar-refractivity contribution in [2.24, 2.45) is 0 Å². The van der Waals surface area contributed by atoms with E-state index in [-0.39, 0.29) is 17.0 Å². The number of methoxy groups -OCH3 is 2. The Hall–Kier alpha value is -2.64. The van der Waals surface area contributed by atoms with Gasteiger partial charge in [-0.15, -0.1) is 11.3 Å². The molecule has 1 amide bonds. The zero-order valence-corrected chi connectivity index (χ0v) is 16.2. The lowest BCUT2D eigenvalue weighted by Crippen LogP contribution is -2.15. The number of carbonyl (C=O) groups excluding carboxylic acids is 1. The number of halogens is 2. The third-order valence-electron chi connectivity index (χ3n) is 3.83. The topological polar surface area (TPSA) is 60.5 Å². The van der Waals surface area contributed by atoms with Crippen molar-refractivity contribution in [2.45, 2.75) is 6.42 Å². The van der Waals surface area contributed by atoms with Gasteiger partial charge in [-0.25, -0.2) is 9.37 Å². The minimum Gasteiger partial charge on any atom is -0.497 e. The Labute approximate surface area is 164 Å². The van der Waals surface area contributed by atoms with Gasteiger partial charge in [-0.2, -0.15) is 0 Å². The van der Waals surface area contributed by atoms with Gasteiger partial charge in [0.25, 0.3) is 0 Å². The summed E-state index contributed by atoms with van der Waals surface area (Å²) in [6.45, 7) is 0. The number of thiazole rings is 1. The van der Waals surface area contributed by atoms with Crippen LogP contribution in [0.5, 0.6) is 11.5 Å². The number of hydrogen-bond donors (Lipinski definition) is 1. The van der Waals surface area contributed by atoms with Gasteiger partial charge in [0.2, 0.25) is 5.91 Å². The number of carbonyl (C=O) groups is 1. The number of rotatable bonds is 6. The Bertz CT molecular complexity index is 957. The summed E-state index contributed by atoms with van der Waals surface area (Å²) in [7, 11) is 3.14. The van der Waals surface area contributed by atoms with Gasteiger partial charge in [-0.3, -0.25) is 4.79 Å². The number of ether oxygens (including phenoxy) is 2. The van der Waals surface area contributed by atoms with Crippen LogP contribution < -0.4 is 14.8 Å². The number of nitrogens with one attached hydrogen (secondary N) is 1. The summed E-state index contributed by atoms with van der Waals surface area (Å²) in [6.07, 6.45) is -0.174. The molecule has 0 radical (unpaired) electrons. The maximum absolute atomic E-state index is 13.8. The Morgan fingerprint density at radius 3 is 2.78 bits per heavy atom. The first-order valence-corrected chi connectivity index (χ1v) is 9.18. The van der Waals surface area contributed by atoms with Crippen LogP contribution in [-0.4, -0.2) is 25.1 Å². The molecule has 0 aliphatic carbocycles. The molecule has 1 heterocycles. The normalized spacial score (nSPS) is 10.5. The smallest absolute Gasteiger partial charge is 0.230 e.